The van der Waals surface area contributed by atoms with Crippen LogP contribution in [0.3, 0.4) is 0 Å². The Bertz CT molecular complexity index is 1260. The van der Waals surface area contributed by atoms with Gasteiger partial charge in [-0.2, -0.15) is 0 Å². The Morgan fingerprint density at radius 3 is 2.16 bits per heavy atom. The Hall–Kier alpha value is -2.75. The molecule has 0 aliphatic rings. The van der Waals surface area contributed by atoms with Crippen molar-refractivity contribution in [3.63, 3.8) is 0 Å². The molecule has 38 heavy (non-hydrogen) atoms. The average molecular weight is 533 g/mol. The van der Waals surface area contributed by atoms with Crippen molar-refractivity contribution < 1.29 is 29.3 Å². The van der Waals surface area contributed by atoms with Crippen LogP contribution in [0.25, 0.3) is 28.3 Å². The Labute approximate surface area is 244 Å². The summed E-state index contributed by atoms with van der Waals surface area (Å²) in [5.41, 5.74) is 3.90. The van der Waals surface area contributed by atoms with Gasteiger partial charge in [-0.05, 0) is 50.1 Å². The number of carbonyl (C=O) groups is 2. The number of hydrogen-bond donors (Lipinski definition) is 4. The molecular weight excluding hydrogens is 498 g/mol. The molecule has 7 nitrogen and oxygen atoms in total. The number of halogens is 1. The van der Waals surface area contributed by atoms with E-state index in [1.165, 1.54) is 18.2 Å². The number of amides is 1. The third kappa shape index (κ3) is 7.65. The summed E-state index contributed by atoms with van der Waals surface area (Å²) in [6.45, 7) is 6.14. The molecule has 1 amide bonds. The predicted molar refractivity (Wildman–Crippen MR) is 149 cm³/mol. The molecule has 0 saturated carbocycles. The number of carbonyl (C=O) groups excluding carboxylic acids is 1. The van der Waals surface area contributed by atoms with Gasteiger partial charge < -0.3 is 25.2 Å². The molecule has 4 N–H and O–H groups in total. The monoisotopic (exact) mass is 532 g/mol. The van der Waals surface area contributed by atoms with E-state index in [-0.39, 0.29) is 47.9 Å². The second-order valence-electron chi connectivity index (χ2n) is 9.09. The zero-order valence-corrected chi connectivity index (χ0v) is 21.2. The number of aromatic nitrogens is 1. The van der Waals surface area contributed by atoms with Crippen LogP contribution in [0.5, 0.6) is 0 Å². The van der Waals surface area contributed by atoms with Crippen LogP contribution in [0.2, 0.25) is 0 Å². The van der Waals surface area contributed by atoms with E-state index in [1.807, 2.05) is 55.7 Å². The van der Waals surface area contributed by atoms with Crippen LogP contribution in [-0.4, -0.2) is 80.1 Å². The van der Waals surface area contributed by atoms with E-state index in [2.05, 4.69) is 5.32 Å². The first-order valence-corrected chi connectivity index (χ1v) is 12.3. The zero-order valence-electron chi connectivity index (χ0n) is 21.2. The van der Waals surface area contributed by atoms with E-state index < -0.39 is 30.4 Å². The zero-order chi connectivity index (χ0) is 27.1. The molecule has 0 radical (unpaired) electrons. The number of rotatable bonds is 11. The third-order valence-electron chi connectivity index (χ3n) is 5.91. The molecule has 3 rings (SSSR count). The molecular formula is C29H34FN2NaO5. The van der Waals surface area contributed by atoms with Gasteiger partial charge in [0.05, 0.1) is 18.6 Å². The SMILES string of the molecule is CCNC(=O)c1c(-c2ccccc2)c(-c2ccc(F)cc2)c(/C=C/[C@@H](O)C[C@@H](O)CC(=O)O)n1C(C)C.[NaH]. The summed E-state index contributed by atoms with van der Waals surface area (Å²) in [6, 6.07) is 15.3. The topological polar surface area (TPSA) is 112 Å². The van der Waals surface area contributed by atoms with Crippen molar-refractivity contribution >= 4 is 47.5 Å². The first kappa shape index (κ1) is 31.5. The van der Waals surface area contributed by atoms with E-state index in [4.69, 9.17) is 5.11 Å². The Balaban J connectivity index is 0.00000507. The van der Waals surface area contributed by atoms with Crippen molar-refractivity contribution in [2.24, 2.45) is 0 Å². The first-order valence-electron chi connectivity index (χ1n) is 12.3. The minimum absolute atomic E-state index is 0. The normalized spacial score (nSPS) is 12.8. The summed E-state index contributed by atoms with van der Waals surface area (Å²) >= 11 is 0. The summed E-state index contributed by atoms with van der Waals surface area (Å²) in [7, 11) is 0. The van der Waals surface area contributed by atoms with Gasteiger partial charge in [0.25, 0.3) is 5.91 Å². The molecule has 0 fully saturated rings. The Morgan fingerprint density at radius 2 is 1.61 bits per heavy atom. The number of aliphatic hydroxyl groups is 2. The summed E-state index contributed by atoms with van der Waals surface area (Å²) in [5, 5.41) is 32.3. The van der Waals surface area contributed by atoms with Crippen molar-refractivity contribution in [3.8, 4) is 22.3 Å². The Morgan fingerprint density at radius 1 is 1.00 bits per heavy atom. The van der Waals surface area contributed by atoms with E-state index in [9.17, 15) is 24.2 Å². The van der Waals surface area contributed by atoms with Gasteiger partial charge in [-0.15, -0.1) is 0 Å². The fourth-order valence-corrected chi connectivity index (χ4v) is 4.41. The molecule has 2 aromatic carbocycles. The van der Waals surface area contributed by atoms with Gasteiger partial charge in [0.1, 0.15) is 11.5 Å². The molecule has 0 aliphatic carbocycles. The molecule has 2 atom stereocenters. The number of aliphatic carboxylic acids is 1. The molecule has 3 aromatic rings. The molecule has 9 heteroatoms. The molecule has 0 aliphatic heterocycles. The number of hydrogen-bond acceptors (Lipinski definition) is 4. The standard InChI is InChI=1S/C29H33FN2O5.Na.H/c1-4-31-29(37)28-27(19-8-6-5-7-9-19)26(20-10-12-21(30)13-11-20)24(32(28)18(2)3)15-14-22(33)16-23(34)17-25(35)36;;/h5-15,18,22-23,33-34H,4,16-17H2,1-3H3,(H,31,37)(H,35,36);;/b15-14+;;/t22-,23-;;/m1../s1. The average Bonchev–Trinajstić information content (AvgIpc) is 3.19. The van der Waals surface area contributed by atoms with Crippen LogP contribution in [-0.2, 0) is 4.79 Å². The van der Waals surface area contributed by atoms with Gasteiger partial charge in [-0.25, -0.2) is 4.39 Å². The second kappa shape index (κ2) is 14.4. The number of nitrogens with one attached hydrogen (secondary N) is 1. The van der Waals surface area contributed by atoms with Gasteiger partial charge in [-0.1, -0.05) is 48.5 Å². The fourth-order valence-electron chi connectivity index (χ4n) is 4.41. The van der Waals surface area contributed by atoms with Gasteiger partial charge in [0.2, 0.25) is 0 Å². The molecule has 0 unspecified atom stereocenters. The molecule has 0 spiro atoms. The number of carboxylic acid groups (broad SMARTS) is 1. The number of nitrogens with zero attached hydrogens (tertiary/aromatic N) is 1. The second-order valence-corrected chi connectivity index (χ2v) is 9.09. The van der Waals surface area contributed by atoms with Crippen LogP contribution >= 0.6 is 0 Å². The van der Waals surface area contributed by atoms with Crippen molar-refractivity contribution in [2.75, 3.05) is 6.54 Å². The maximum atomic E-state index is 13.9. The van der Waals surface area contributed by atoms with Crippen molar-refractivity contribution in [1.29, 1.82) is 0 Å². The third-order valence-corrected chi connectivity index (χ3v) is 5.91. The molecule has 0 saturated heterocycles. The fraction of sp³-hybridized carbons (Fsp3) is 0.310. The maximum absolute atomic E-state index is 13.9. The summed E-state index contributed by atoms with van der Waals surface area (Å²) < 4.78 is 15.7. The van der Waals surface area contributed by atoms with Crippen LogP contribution < -0.4 is 5.32 Å². The quantitative estimate of drug-likeness (QED) is 0.276. The molecule has 1 aromatic heterocycles. The van der Waals surface area contributed by atoms with E-state index in [0.29, 0.717) is 34.6 Å². The minimum atomic E-state index is -1.21. The van der Waals surface area contributed by atoms with Gasteiger partial charge in [0, 0.05) is 35.8 Å². The van der Waals surface area contributed by atoms with Crippen LogP contribution in [0.1, 0.15) is 55.8 Å². The van der Waals surface area contributed by atoms with Gasteiger partial charge in [0.15, 0.2) is 0 Å². The molecule has 0 bridgehead atoms. The van der Waals surface area contributed by atoms with E-state index >= 15 is 0 Å². The number of carboxylic acids is 1. The number of aliphatic hydroxyl groups excluding tert-OH is 2. The summed E-state index contributed by atoms with van der Waals surface area (Å²) in [4.78, 5) is 24.3. The summed E-state index contributed by atoms with van der Waals surface area (Å²) in [5.74, 6) is -1.82. The predicted octanol–water partition coefficient (Wildman–Crippen LogP) is 4.24. The van der Waals surface area contributed by atoms with Crippen molar-refractivity contribution in [3.05, 3.63) is 77.9 Å². The van der Waals surface area contributed by atoms with Crippen LogP contribution in [0.15, 0.2) is 60.7 Å². The van der Waals surface area contributed by atoms with Gasteiger partial charge >= 0.3 is 35.5 Å². The van der Waals surface area contributed by atoms with Crippen molar-refractivity contribution in [2.45, 2.75) is 51.9 Å². The van der Waals surface area contributed by atoms with Crippen LogP contribution in [0.4, 0.5) is 4.39 Å². The summed E-state index contributed by atoms with van der Waals surface area (Å²) in [6.07, 6.45) is 0.170. The van der Waals surface area contributed by atoms with E-state index in [1.54, 1.807) is 18.2 Å². The molecule has 198 valence electrons. The number of benzene rings is 2. The first-order chi connectivity index (χ1) is 17.6. The van der Waals surface area contributed by atoms with E-state index in [0.717, 1.165) is 5.56 Å². The van der Waals surface area contributed by atoms with Crippen LogP contribution in [0, 0.1) is 5.82 Å². The molecule has 1 heterocycles. The van der Waals surface area contributed by atoms with Gasteiger partial charge in [-0.3, -0.25) is 9.59 Å². The Kier molecular flexibility index (Phi) is 11.9. The van der Waals surface area contributed by atoms with Crippen molar-refractivity contribution in [1.82, 2.24) is 9.88 Å².